The Bertz CT molecular complexity index is 2330. The van der Waals surface area contributed by atoms with Crippen LogP contribution in [0.4, 0.5) is 0 Å². The molecule has 0 radical (unpaired) electrons. The highest BCUT2D eigenvalue weighted by Gasteiger charge is 2.62. The van der Waals surface area contributed by atoms with Crippen molar-refractivity contribution in [1.29, 1.82) is 10.8 Å². The third-order valence-corrected chi connectivity index (χ3v) is 13.4. The van der Waals surface area contributed by atoms with Gasteiger partial charge in [-0.3, -0.25) is 19.9 Å². The topological polar surface area (TPSA) is 274 Å². The van der Waals surface area contributed by atoms with Gasteiger partial charge in [-0.05, 0) is 46.5 Å². The Morgan fingerprint density at radius 3 is 1.15 bits per heavy atom. The first-order valence-corrected chi connectivity index (χ1v) is 18.9. The summed E-state index contributed by atoms with van der Waals surface area (Å²) in [7, 11) is -10.8. The van der Waals surface area contributed by atoms with E-state index in [9.17, 15) is 36.2 Å². The Labute approximate surface area is 315 Å². The van der Waals surface area contributed by atoms with Crippen LogP contribution in [0.3, 0.4) is 0 Å². The second-order valence-electron chi connectivity index (χ2n) is 11.7. The molecule has 0 fully saturated rings. The average molecular weight is 827 g/mol. The minimum atomic E-state index is -5.42. The second-order valence-corrected chi connectivity index (χ2v) is 16.5. The van der Waals surface area contributed by atoms with Gasteiger partial charge >= 0.3 is 0 Å². The minimum absolute atomic E-state index is 0.0443. The number of nitrogens with one attached hydrogen (secondary N) is 2. The van der Waals surface area contributed by atoms with E-state index in [-0.39, 0.29) is 33.4 Å². The van der Waals surface area contributed by atoms with Gasteiger partial charge in [0.25, 0.3) is 20.2 Å². The zero-order chi connectivity index (χ0) is 38.3. The van der Waals surface area contributed by atoms with Crippen molar-refractivity contribution < 1.29 is 36.2 Å². The summed E-state index contributed by atoms with van der Waals surface area (Å²) >= 11 is 27.0. The molecular formula is C32H24Cl4N6O8S2. The standard InChI is InChI=1S/C32H24Cl4N6O8S2/c33-19-9-13(10-20(34)23(19)31(51(45,46)47)17-7-3-1-5-15(17)25(37)27(41-39)29(31)43)14-11-21(35)24(22(36)12-14)32(52(48,49)50)18-8-4-2-6-16(18)26(38)28(42-40)30(32)44/h1-12,29-30,37-38,43-44H,39-40H2,(H,45,46,47)(H,48,49,50)/b37-25?,38-26?,41-27-,42-28+. The van der Waals surface area contributed by atoms with Gasteiger partial charge in [0, 0.05) is 42.3 Å². The van der Waals surface area contributed by atoms with Gasteiger partial charge in [0.2, 0.25) is 0 Å². The lowest BCUT2D eigenvalue weighted by molar-refractivity contribution is 0.196. The van der Waals surface area contributed by atoms with Gasteiger partial charge in [-0.1, -0.05) is 94.9 Å². The van der Waals surface area contributed by atoms with Crippen LogP contribution in [-0.4, -0.2) is 71.2 Å². The van der Waals surface area contributed by atoms with Crippen LogP contribution in [0.2, 0.25) is 20.1 Å². The number of hydrogen-bond donors (Lipinski definition) is 8. The highest BCUT2D eigenvalue weighted by atomic mass is 35.5. The molecule has 0 aliphatic heterocycles. The molecule has 10 N–H and O–H groups in total. The predicted octanol–water partition coefficient (Wildman–Crippen LogP) is 4.34. The molecule has 2 aliphatic carbocycles. The van der Waals surface area contributed by atoms with Crippen molar-refractivity contribution in [2.75, 3.05) is 0 Å². The SMILES string of the molecule is N=C1/C(=N/N)C(O)C(c2c(Cl)cc(-c3cc(Cl)c(C4(S(=O)(=O)O)c5ccccc5C(=N)/C(=N\N)C4O)c(Cl)c3)cc2Cl)(S(=O)(=O)O)c2ccccc21. The number of nitrogens with zero attached hydrogens (tertiary/aromatic N) is 2. The molecule has 4 unspecified atom stereocenters. The average Bonchev–Trinajstić information content (AvgIpc) is 3.06. The van der Waals surface area contributed by atoms with Crippen molar-refractivity contribution in [3.05, 3.63) is 126 Å². The second kappa shape index (κ2) is 12.9. The van der Waals surface area contributed by atoms with Crippen LogP contribution in [0, 0.1) is 10.8 Å². The number of nitrogens with two attached hydrogens (primary N) is 2. The summed E-state index contributed by atoms with van der Waals surface area (Å²) in [6.07, 6.45) is -4.55. The Balaban J connectivity index is 1.61. The normalized spacial score (nSPS) is 24.9. The van der Waals surface area contributed by atoms with Crippen LogP contribution in [0.15, 0.2) is 83.0 Å². The quantitative estimate of drug-likeness (QED) is 0.0801. The highest BCUT2D eigenvalue weighted by Crippen LogP contribution is 2.54. The minimum Gasteiger partial charge on any atom is -0.384 e. The Morgan fingerprint density at radius 2 is 0.885 bits per heavy atom. The van der Waals surface area contributed by atoms with E-state index in [4.69, 9.17) is 68.9 Å². The number of hydrazone groups is 2. The van der Waals surface area contributed by atoms with E-state index in [1.165, 1.54) is 72.8 Å². The Hall–Kier alpha value is -3.94. The van der Waals surface area contributed by atoms with Crippen molar-refractivity contribution in [2.45, 2.75) is 21.7 Å². The lowest BCUT2D eigenvalue weighted by Crippen LogP contribution is -2.57. The third-order valence-electron chi connectivity index (χ3n) is 9.25. The van der Waals surface area contributed by atoms with Crippen molar-refractivity contribution in [2.24, 2.45) is 21.9 Å². The maximum Gasteiger partial charge on any atom is 0.282 e. The van der Waals surface area contributed by atoms with Crippen molar-refractivity contribution in [3.8, 4) is 11.1 Å². The van der Waals surface area contributed by atoms with Gasteiger partial charge in [0.1, 0.15) is 23.6 Å². The molecule has 52 heavy (non-hydrogen) atoms. The number of benzene rings is 4. The molecule has 0 saturated carbocycles. The van der Waals surface area contributed by atoms with Crippen LogP contribution in [0.25, 0.3) is 11.1 Å². The van der Waals surface area contributed by atoms with Crippen LogP contribution in [0.5, 0.6) is 0 Å². The lowest BCUT2D eigenvalue weighted by Gasteiger charge is -2.42. The van der Waals surface area contributed by atoms with Crippen LogP contribution >= 0.6 is 46.4 Å². The fraction of sp³-hybridized carbons (Fsp3) is 0.125. The summed E-state index contributed by atoms with van der Waals surface area (Å²) in [5.41, 5.74) is -3.34. The van der Waals surface area contributed by atoms with E-state index in [0.29, 0.717) is 0 Å². The third kappa shape index (κ3) is 5.05. The summed E-state index contributed by atoms with van der Waals surface area (Å²) in [5, 5.41) is 45.2. The molecule has 14 nitrogen and oxygen atoms in total. The number of aliphatic hydroxyl groups excluding tert-OH is 2. The van der Waals surface area contributed by atoms with Crippen molar-refractivity contribution >= 4 is 89.5 Å². The van der Waals surface area contributed by atoms with Gasteiger partial charge in [-0.15, -0.1) is 0 Å². The van der Waals surface area contributed by atoms with Gasteiger partial charge in [0.05, 0.1) is 11.4 Å². The first-order valence-electron chi connectivity index (χ1n) is 14.5. The van der Waals surface area contributed by atoms with Crippen LogP contribution < -0.4 is 11.7 Å². The molecule has 2 aliphatic rings. The first kappa shape index (κ1) is 37.8. The molecule has 6 rings (SSSR count). The predicted molar refractivity (Wildman–Crippen MR) is 198 cm³/mol. The number of hydrogen-bond acceptors (Lipinski definition) is 12. The zero-order valence-electron chi connectivity index (χ0n) is 25.9. The molecule has 20 heteroatoms. The first-order chi connectivity index (χ1) is 24.3. The molecule has 4 aromatic carbocycles. The number of halogens is 4. The van der Waals surface area contributed by atoms with E-state index in [0.717, 1.165) is 0 Å². The summed E-state index contributed by atoms with van der Waals surface area (Å²) < 4.78 is 69.7. The molecule has 270 valence electrons. The van der Waals surface area contributed by atoms with E-state index < -0.39 is 96.0 Å². The van der Waals surface area contributed by atoms with Gasteiger partial charge < -0.3 is 21.9 Å². The smallest absolute Gasteiger partial charge is 0.282 e. The van der Waals surface area contributed by atoms with E-state index in [1.54, 1.807) is 0 Å². The summed E-state index contributed by atoms with van der Waals surface area (Å²) in [6.45, 7) is 0. The van der Waals surface area contributed by atoms with Gasteiger partial charge in [-0.2, -0.15) is 27.0 Å². The number of fused-ring (bicyclic) bond motifs is 2. The van der Waals surface area contributed by atoms with Gasteiger partial charge in [-0.25, -0.2) is 0 Å². The summed E-state index contributed by atoms with van der Waals surface area (Å²) in [6, 6.07) is 15.9. The van der Waals surface area contributed by atoms with E-state index in [2.05, 4.69) is 10.2 Å². The summed E-state index contributed by atoms with van der Waals surface area (Å²) in [4.78, 5) is 0. The molecule has 0 aromatic heterocycles. The number of rotatable bonds is 5. The van der Waals surface area contributed by atoms with Gasteiger partial charge in [0.15, 0.2) is 9.49 Å². The maximum atomic E-state index is 13.4. The summed E-state index contributed by atoms with van der Waals surface area (Å²) in [5.74, 6) is 11.0. The Kier molecular flexibility index (Phi) is 9.36. The lowest BCUT2D eigenvalue weighted by atomic mass is 9.73. The molecule has 0 amide bonds. The zero-order valence-corrected chi connectivity index (χ0v) is 30.5. The van der Waals surface area contributed by atoms with Crippen LogP contribution in [-0.2, 0) is 29.7 Å². The largest absolute Gasteiger partial charge is 0.384 e. The molecule has 4 atom stereocenters. The highest BCUT2D eigenvalue weighted by molar-refractivity contribution is 7.87. The fourth-order valence-corrected chi connectivity index (χ4v) is 11.5. The molecule has 0 bridgehead atoms. The van der Waals surface area contributed by atoms with Crippen molar-refractivity contribution in [3.63, 3.8) is 0 Å². The molecule has 0 spiro atoms. The Morgan fingerprint density at radius 1 is 0.596 bits per heavy atom. The monoisotopic (exact) mass is 824 g/mol. The maximum absolute atomic E-state index is 13.4. The molecule has 0 heterocycles. The van der Waals surface area contributed by atoms with Crippen LogP contribution in [0.1, 0.15) is 33.4 Å². The van der Waals surface area contributed by atoms with Crippen molar-refractivity contribution in [1.82, 2.24) is 0 Å². The van der Waals surface area contributed by atoms with E-state index >= 15 is 0 Å². The number of aliphatic hydroxyl groups is 2. The molecule has 0 saturated heterocycles. The molecule has 4 aromatic rings. The molecular weight excluding hydrogens is 802 g/mol. The fourth-order valence-electron chi connectivity index (χ4n) is 7.10. The van der Waals surface area contributed by atoms with E-state index in [1.807, 2.05) is 0 Å².